The number of hydrogen-bond donors (Lipinski definition) is 1. The SMILES string of the molecule is N#CC1(C(=O)Nc2ccc(F)c(F)c2)CC1. The van der Waals surface area contributed by atoms with E-state index in [1.54, 1.807) is 0 Å². The molecule has 0 heterocycles. The van der Waals surface area contributed by atoms with Crippen LogP contribution in [0.25, 0.3) is 0 Å². The highest BCUT2D eigenvalue weighted by Gasteiger charge is 2.50. The normalized spacial score (nSPS) is 16.3. The van der Waals surface area contributed by atoms with Gasteiger partial charge in [-0.1, -0.05) is 0 Å². The highest BCUT2D eigenvalue weighted by molar-refractivity contribution is 5.99. The van der Waals surface area contributed by atoms with Crippen molar-refractivity contribution in [3.05, 3.63) is 29.8 Å². The molecule has 5 heteroatoms. The Balaban J connectivity index is 2.13. The van der Waals surface area contributed by atoms with Gasteiger partial charge in [-0.05, 0) is 25.0 Å². The second-order valence-electron chi connectivity index (χ2n) is 3.78. The summed E-state index contributed by atoms with van der Waals surface area (Å²) >= 11 is 0. The van der Waals surface area contributed by atoms with Crippen LogP contribution in [0.1, 0.15) is 12.8 Å². The molecule has 0 atom stereocenters. The minimum atomic E-state index is -1.03. The summed E-state index contributed by atoms with van der Waals surface area (Å²) in [6, 6.07) is 4.99. The van der Waals surface area contributed by atoms with Crippen molar-refractivity contribution in [1.29, 1.82) is 5.26 Å². The van der Waals surface area contributed by atoms with Gasteiger partial charge < -0.3 is 5.32 Å². The molecule has 1 fully saturated rings. The predicted octanol–water partition coefficient (Wildman–Crippen LogP) is 2.21. The van der Waals surface area contributed by atoms with E-state index in [2.05, 4.69) is 5.32 Å². The van der Waals surface area contributed by atoms with E-state index in [4.69, 9.17) is 5.26 Å². The van der Waals surface area contributed by atoms with Crippen molar-refractivity contribution in [3.63, 3.8) is 0 Å². The van der Waals surface area contributed by atoms with Crippen molar-refractivity contribution in [3.8, 4) is 6.07 Å². The quantitative estimate of drug-likeness (QED) is 0.833. The zero-order valence-corrected chi connectivity index (χ0v) is 8.26. The van der Waals surface area contributed by atoms with E-state index in [1.807, 2.05) is 6.07 Å². The molecule has 0 unspecified atom stereocenters. The van der Waals surface area contributed by atoms with Crippen LogP contribution in [-0.2, 0) is 4.79 Å². The average Bonchev–Trinajstić information content (AvgIpc) is 3.04. The number of nitrogens with zero attached hydrogens (tertiary/aromatic N) is 1. The number of rotatable bonds is 2. The van der Waals surface area contributed by atoms with Gasteiger partial charge >= 0.3 is 0 Å². The number of carbonyl (C=O) groups excluding carboxylic acids is 1. The summed E-state index contributed by atoms with van der Waals surface area (Å²) in [4.78, 5) is 11.6. The van der Waals surface area contributed by atoms with Gasteiger partial charge in [0.05, 0.1) is 6.07 Å². The van der Waals surface area contributed by atoms with Crippen molar-refractivity contribution < 1.29 is 13.6 Å². The largest absolute Gasteiger partial charge is 0.325 e. The van der Waals surface area contributed by atoms with E-state index in [-0.39, 0.29) is 5.69 Å². The van der Waals surface area contributed by atoms with Crippen LogP contribution in [0.5, 0.6) is 0 Å². The van der Waals surface area contributed by atoms with Gasteiger partial charge in [0.1, 0.15) is 5.41 Å². The molecule has 0 radical (unpaired) electrons. The maximum atomic E-state index is 12.8. The third-order valence-corrected chi connectivity index (χ3v) is 2.58. The lowest BCUT2D eigenvalue weighted by atomic mass is 10.1. The number of nitrogens with one attached hydrogen (secondary N) is 1. The van der Waals surface area contributed by atoms with Crippen LogP contribution >= 0.6 is 0 Å². The van der Waals surface area contributed by atoms with Crippen LogP contribution in [0.4, 0.5) is 14.5 Å². The lowest BCUT2D eigenvalue weighted by Crippen LogP contribution is -2.22. The smallest absolute Gasteiger partial charge is 0.244 e. The van der Waals surface area contributed by atoms with Crippen molar-refractivity contribution in [2.75, 3.05) is 5.32 Å². The highest BCUT2D eigenvalue weighted by atomic mass is 19.2. The van der Waals surface area contributed by atoms with Gasteiger partial charge in [-0.15, -0.1) is 0 Å². The van der Waals surface area contributed by atoms with Crippen LogP contribution in [0.2, 0.25) is 0 Å². The molecule has 1 N–H and O–H groups in total. The molecule has 1 aliphatic carbocycles. The molecule has 82 valence electrons. The van der Waals surface area contributed by atoms with E-state index < -0.39 is 23.0 Å². The number of anilines is 1. The summed E-state index contributed by atoms with van der Waals surface area (Å²) in [7, 11) is 0. The zero-order chi connectivity index (χ0) is 11.8. The molecule has 1 amide bonds. The molecule has 1 saturated carbocycles. The molecule has 0 spiro atoms. The third-order valence-electron chi connectivity index (χ3n) is 2.58. The molecule has 1 aliphatic rings. The number of amides is 1. The van der Waals surface area contributed by atoms with E-state index in [0.717, 1.165) is 12.1 Å². The third kappa shape index (κ3) is 1.74. The predicted molar refractivity (Wildman–Crippen MR) is 52.3 cm³/mol. The minimum absolute atomic E-state index is 0.158. The maximum absolute atomic E-state index is 12.8. The first kappa shape index (κ1) is 10.6. The first-order chi connectivity index (χ1) is 7.57. The molecule has 0 aromatic heterocycles. The zero-order valence-electron chi connectivity index (χ0n) is 8.26. The standard InChI is InChI=1S/C11H8F2N2O/c12-8-2-1-7(5-9(8)13)15-10(16)11(6-14)3-4-11/h1-2,5H,3-4H2,(H,15,16). The Morgan fingerprint density at radius 2 is 2.06 bits per heavy atom. The Kier molecular flexibility index (Phi) is 2.35. The summed E-state index contributed by atoms with van der Waals surface area (Å²) < 4.78 is 25.4. The second-order valence-corrected chi connectivity index (χ2v) is 3.78. The Bertz CT molecular complexity index is 489. The van der Waals surface area contributed by atoms with Crippen LogP contribution in [0.3, 0.4) is 0 Å². The molecular formula is C11H8F2N2O. The monoisotopic (exact) mass is 222 g/mol. The molecule has 2 rings (SSSR count). The van der Waals surface area contributed by atoms with E-state index in [9.17, 15) is 13.6 Å². The van der Waals surface area contributed by atoms with Gasteiger partial charge in [-0.3, -0.25) is 4.79 Å². The van der Waals surface area contributed by atoms with Gasteiger partial charge in [0.2, 0.25) is 5.91 Å². The first-order valence-electron chi connectivity index (χ1n) is 4.75. The van der Waals surface area contributed by atoms with Gasteiger partial charge in [0.25, 0.3) is 0 Å². The molecule has 1 aromatic rings. The number of halogens is 2. The van der Waals surface area contributed by atoms with Gasteiger partial charge in [-0.2, -0.15) is 5.26 Å². The van der Waals surface area contributed by atoms with Crippen molar-refractivity contribution >= 4 is 11.6 Å². The van der Waals surface area contributed by atoms with Crippen molar-refractivity contribution in [1.82, 2.24) is 0 Å². The summed E-state index contributed by atoms with van der Waals surface area (Å²) in [5.74, 6) is -2.46. The number of nitriles is 1. The van der Waals surface area contributed by atoms with Gasteiger partial charge in [-0.25, -0.2) is 8.78 Å². The topological polar surface area (TPSA) is 52.9 Å². The molecular weight excluding hydrogens is 214 g/mol. The molecule has 3 nitrogen and oxygen atoms in total. The fourth-order valence-corrected chi connectivity index (χ4v) is 1.34. The van der Waals surface area contributed by atoms with Crippen LogP contribution in [0, 0.1) is 28.4 Å². The Labute approximate surface area is 90.7 Å². The molecule has 0 aliphatic heterocycles. The van der Waals surface area contributed by atoms with Crippen molar-refractivity contribution in [2.24, 2.45) is 5.41 Å². The first-order valence-corrected chi connectivity index (χ1v) is 4.75. The van der Waals surface area contributed by atoms with Crippen molar-refractivity contribution in [2.45, 2.75) is 12.8 Å². The number of carbonyl (C=O) groups is 1. The number of benzene rings is 1. The Morgan fingerprint density at radius 3 is 2.56 bits per heavy atom. The second kappa shape index (κ2) is 3.56. The minimum Gasteiger partial charge on any atom is -0.325 e. The maximum Gasteiger partial charge on any atom is 0.244 e. The number of hydrogen-bond acceptors (Lipinski definition) is 2. The van der Waals surface area contributed by atoms with Crippen LogP contribution in [-0.4, -0.2) is 5.91 Å². The summed E-state index contributed by atoms with van der Waals surface area (Å²) in [5, 5.41) is 11.2. The van der Waals surface area contributed by atoms with E-state index in [0.29, 0.717) is 12.8 Å². The lowest BCUT2D eigenvalue weighted by Gasteiger charge is -2.08. The van der Waals surface area contributed by atoms with Crippen LogP contribution in [0.15, 0.2) is 18.2 Å². The Morgan fingerprint density at radius 1 is 1.38 bits per heavy atom. The molecule has 16 heavy (non-hydrogen) atoms. The van der Waals surface area contributed by atoms with Gasteiger partial charge in [0.15, 0.2) is 11.6 Å². The van der Waals surface area contributed by atoms with E-state index in [1.165, 1.54) is 6.07 Å². The molecule has 1 aromatic carbocycles. The summed E-state index contributed by atoms with van der Waals surface area (Å²) in [6.07, 6.45) is 1.03. The van der Waals surface area contributed by atoms with E-state index >= 15 is 0 Å². The highest BCUT2D eigenvalue weighted by Crippen LogP contribution is 2.45. The molecule has 0 bridgehead atoms. The summed E-state index contributed by atoms with van der Waals surface area (Å²) in [5.41, 5.74) is -0.810. The fraction of sp³-hybridized carbons (Fsp3) is 0.273. The van der Waals surface area contributed by atoms with Crippen LogP contribution < -0.4 is 5.32 Å². The average molecular weight is 222 g/mol. The Hall–Kier alpha value is -1.96. The lowest BCUT2D eigenvalue weighted by molar-refractivity contribution is -0.119. The fourth-order valence-electron chi connectivity index (χ4n) is 1.34. The summed E-state index contributed by atoms with van der Waals surface area (Å²) in [6.45, 7) is 0. The van der Waals surface area contributed by atoms with Gasteiger partial charge in [0, 0.05) is 11.8 Å². The molecule has 0 saturated heterocycles.